The van der Waals surface area contributed by atoms with Crippen molar-refractivity contribution in [2.75, 3.05) is 31.5 Å². The van der Waals surface area contributed by atoms with E-state index in [0.29, 0.717) is 72.3 Å². The Morgan fingerprint density at radius 3 is 2.00 bits per heavy atom. The predicted molar refractivity (Wildman–Crippen MR) is 253 cm³/mol. The van der Waals surface area contributed by atoms with Crippen LogP contribution in [0.5, 0.6) is 5.75 Å². The number of carboxylic acids is 1. The number of aliphatic carboxylic acids is 1. The fourth-order valence-electron chi connectivity index (χ4n) is 7.88. The number of alkyl halides is 3. The Hall–Kier alpha value is -7.36. The van der Waals surface area contributed by atoms with E-state index in [0.717, 1.165) is 0 Å². The molecule has 5 atom stereocenters. The third-order valence-electron chi connectivity index (χ3n) is 11.4. The maximum atomic E-state index is 14.0. The summed E-state index contributed by atoms with van der Waals surface area (Å²) in [5, 5.41) is 33.6. The molecule has 0 saturated carbocycles. The number of carbonyl (C=O) groups excluding carboxylic acids is 8. The second kappa shape index (κ2) is 26.0. The molecule has 0 unspecified atom stereocenters. The van der Waals surface area contributed by atoms with Gasteiger partial charge in [0.15, 0.2) is 11.6 Å². The fraction of sp³-hybridized carbons (Fsp3) is 0.449. The molecule has 3 aromatic rings. The summed E-state index contributed by atoms with van der Waals surface area (Å²) in [7, 11) is 0. The highest BCUT2D eigenvalue weighted by Crippen LogP contribution is 2.32. The molecule has 2 aliphatic rings. The number of carbonyl (C=O) groups is 9. The van der Waals surface area contributed by atoms with Crippen molar-refractivity contribution in [3.63, 3.8) is 0 Å². The molecule has 0 bridgehead atoms. The molecule has 10 N–H and O–H groups in total. The van der Waals surface area contributed by atoms with Gasteiger partial charge in [0.25, 0.3) is 0 Å². The van der Waals surface area contributed by atoms with Crippen molar-refractivity contribution in [3.05, 3.63) is 94.5 Å². The molecule has 22 heteroatoms. The molecule has 19 nitrogen and oxygen atoms in total. The Balaban J connectivity index is 0.00000145. The van der Waals surface area contributed by atoms with Crippen LogP contribution in [-0.4, -0.2) is 131 Å². The quantitative estimate of drug-likeness (QED) is 0.0544. The zero-order valence-corrected chi connectivity index (χ0v) is 39.8. The number of carboxylic acid groups (broad SMARTS) is 1. The highest BCUT2D eigenvalue weighted by atomic mass is 19.4. The van der Waals surface area contributed by atoms with Crippen LogP contribution in [0.1, 0.15) is 104 Å². The number of nitrogens with one attached hydrogen (secondary N) is 6. The van der Waals surface area contributed by atoms with Crippen molar-refractivity contribution in [2.45, 2.75) is 109 Å². The number of hydrogen-bond donors (Lipinski definition) is 9. The third kappa shape index (κ3) is 16.1. The van der Waals surface area contributed by atoms with Crippen LogP contribution in [-0.2, 0) is 40.0 Å². The van der Waals surface area contributed by atoms with E-state index in [1.807, 2.05) is 20.8 Å². The molecular formula is C49H61F3N8O11. The number of anilines is 1. The van der Waals surface area contributed by atoms with E-state index in [-0.39, 0.29) is 54.9 Å². The zero-order chi connectivity index (χ0) is 52.6. The van der Waals surface area contributed by atoms with Gasteiger partial charge < -0.3 is 52.7 Å². The van der Waals surface area contributed by atoms with Crippen LogP contribution in [0.25, 0.3) is 0 Å². The number of ketones is 2. The minimum absolute atomic E-state index is 0.00832. The van der Waals surface area contributed by atoms with E-state index in [4.69, 9.17) is 15.6 Å². The van der Waals surface area contributed by atoms with Crippen LogP contribution in [0.4, 0.5) is 18.9 Å². The summed E-state index contributed by atoms with van der Waals surface area (Å²) in [6.45, 7) is 7.60. The molecule has 1 fully saturated rings. The lowest BCUT2D eigenvalue weighted by Crippen LogP contribution is -2.57. The molecule has 1 aliphatic carbocycles. The Morgan fingerprint density at radius 2 is 1.39 bits per heavy atom. The van der Waals surface area contributed by atoms with Crippen LogP contribution in [0.3, 0.4) is 0 Å². The largest absolute Gasteiger partial charge is 0.508 e. The number of amides is 6. The maximum absolute atomic E-state index is 14.0. The molecule has 71 heavy (non-hydrogen) atoms. The van der Waals surface area contributed by atoms with Crippen molar-refractivity contribution in [1.82, 2.24) is 31.5 Å². The minimum Gasteiger partial charge on any atom is -0.508 e. The van der Waals surface area contributed by atoms with E-state index >= 15 is 0 Å². The average molecular weight is 995 g/mol. The van der Waals surface area contributed by atoms with Gasteiger partial charge in [-0.2, -0.15) is 13.2 Å². The Morgan fingerprint density at radius 1 is 0.775 bits per heavy atom. The molecule has 5 rings (SSSR count). The molecule has 0 radical (unpaired) electrons. The van der Waals surface area contributed by atoms with Gasteiger partial charge in [-0.1, -0.05) is 75.7 Å². The Bertz CT molecular complexity index is 2430. The van der Waals surface area contributed by atoms with Crippen molar-refractivity contribution in [1.29, 1.82) is 0 Å². The summed E-state index contributed by atoms with van der Waals surface area (Å²) in [6.07, 6.45) is -2.50. The number of halogens is 3. The lowest BCUT2D eigenvalue weighted by Gasteiger charge is -2.29. The SMILES string of the molecule is CCC[C@H](NC(=O)[C@H](Cc1ccc(O)cc1)NC(=O)[C@H](C)N)C(=O)NCC(=O)N[C@@H](CC(C)C)C(=O)N1CCC[C@H]1C(=O)NCCCNc1cccc2c1C(=O)c1ccccc1C2=O.O=C(O)C(F)(F)F. The molecule has 1 saturated heterocycles. The average Bonchev–Trinajstić information content (AvgIpc) is 3.82. The predicted octanol–water partition coefficient (Wildman–Crippen LogP) is 2.72. The van der Waals surface area contributed by atoms with Gasteiger partial charge in [0.05, 0.1) is 18.2 Å². The van der Waals surface area contributed by atoms with Gasteiger partial charge in [-0.25, -0.2) is 4.79 Å². The first-order chi connectivity index (χ1) is 33.5. The van der Waals surface area contributed by atoms with Crippen LogP contribution < -0.4 is 37.6 Å². The molecule has 1 aliphatic heterocycles. The number of nitrogens with zero attached hydrogens (tertiary/aromatic N) is 1. The molecule has 1 heterocycles. The van der Waals surface area contributed by atoms with E-state index in [2.05, 4.69) is 31.9 Å². The molecule has 3 aromatic carbocycles. The number of rotatable bonds is 21. The number of aromatic hydroxyl groups is 1. The topological polar surface area (TPSA) is 296 Å². The summed E-state index contributed by atoms with van der Waals surface area (Å²) in [5.41, 5.74) is 8.31. The summed E-state index contributed by atoms with van der Waals surface area (Å²) in [6, 6.07) is 13.2. The summed E-state index contributed by atoms with van der Waals surface area (Å²) in [4.78, 5) is 117. The van der Waals surface area contributed by atoms with Crippen molar-refractivity contribution < 1.29 is 66.5 Å². The van der Waals surface area contributed by atoms with Crippen LogP contribution in [0.15, 0.2) is 66.7 Å². The first kappa shape index (κ1) is 56.2. The van der Waals surface area contributed by atoms with Gasteiger partial charge in [-0.15, -0.1) is 0 Å². The summed E-state index contributed by atoms with van der Waals surface area (Å²) in [5.74, 6) is -6.39. The minimum atomic E-state index is -5.08. The maximum Gasteiger partial charge on any atom is 0.490 e. The van der Waals surface area contributed by atoms with E-state index in [1.54, 1.807) is 54.6 Å². The molecule has 0 aromatic heterocycles. The van der Waals surface area contributed by atoms with E-state index in [9.17, 15) is 56.6 Å². The summed E-state index contributed by atoms with van der Waals surface area (Å²) >= 11 is 0. The van der Waals surface area contributed by atoms with E-state index < -0.39 is 78.4 Å². The van der Waals surface area contributed by atoms with Gasteiger partial charge in [0.1, 0.15) is 29.9 Å². The smallest absolute Gasteiger partial charge is 0.490 e. The second-order valence-electron chi connectivity index (χ2n) is 17.5. The highest BCUT2D eigenvalue weighted by Gasteiger charge is 2.39. The van der Waals surface area contributed by atoms with Crippen LogP contribution >= 0.6 is 0 Å². The van der Waals surface area contributed by atoms with Gasteiger partial charge in [0, 0.05) is 48.4 Å². The van der Waals surface area contributed by atoms with Crippen LogP contribution in [0, 0.1) is 5.92 Å². The van der Waals surface area contributed by atoms with Crippen molar-refractivity contribution in [3.8, 4) is 5.75 Å². The normalized spacial score (nSPS) is 15.6. The lowest BCUT2D eigenvalue weighted by atomic mass is 9.83. The highest BCUT2D eigenvalue weighted by molar-refractivity contribution is 6.30. The zero-order valence-electron chi connectivity index (χ0n) is 39.8. The standard InChI is InChI=1S/C47H60N8O9.C2HF3O2/c1-5-11-35(53-45(62)36(54-43(60)28(4)48)25-29-17-19-30(56)20-18-29)44(61)51-26-39(57)52-37(24-27(2)3)47(64)55-23-9-16-38(55)46(63)50-22-10-21-49-34-15-8-14-33-40(34)42(59)32-13-7-6-12-31(32)41(33)58;3-2(4,5)1(6)7/h6-8,12-15,17-20,27-28,35-38,49,56H,5,9-11,16,21-26,48H2,1-4H3,(H,50,63)(H,51,61)(H,52,57)(H,53,62)(H,54,60);(H,6,7)/t28-,35-,36-,37-,38-;/m0./s1. The second-order valence-corrected chi connectivity index (χ2v) is 17.5. The number of phenols is 1. The molecule has 6 amide bonds. The first-order valence-corrected chi connectivity index (χ1v) is 23.2. The third-order valence-corrected chi connectivity index (χ3v) is 11.4. The molecular weight excluding hydrogens is 934 g/mol. The molecule has 384 valence electrons. The number of benzene rings is 3. The van der Waals surface area contributed by atoms with Gasteiger partial charge in [-0.05, 0) is 68.7 Å². The van der Waals surface area contributed by atoms with Crippen LogP contribution in [0.2, 0.25) is 0 Å². The fourth-order valence-corrected chi connectivity index (χ4v) is 7.88. The van der Waals surface area contributed by atoms with Gasteiger partial charge in [0.2, 0.25) is 35.4 Å². The van der Waals surface area contributed by atoms with E-state index in [1.165, 1.54) is 24.0 Å². The van der Waals surface area contributed by atoms with Crippen molar-refractivity contribution in [2.24, 2.45) is 11.7 Å². The lowest BCUT2D eigenvalue weighted by molar-refractivity contribution is -0.192. The number of likely N-dealkylation sites (tertiary alicyclic amines) is 1. The van der Waals surface area contributed by atoms with Gasteiger partial charge in [-0.3, -0.25) is 38.4 Å². The number of fused-ring (bicyclic) bond motifs is 2. The van der Waals surface area contributed by atoms with Gasteiger partial charge >= 0.3 is 12.1 Å². The number of hydrogen-bond acceptors (Lipinski definition) is 12. The number of nitrogens with two attached hydrogens (primary N) is 1. The Labute approximate surface area is 408 Å². The summed E-state index contributed by atoms with van der Waals surface area (Å²) < 4.78 is 31.7. The first-order valence-electron chi connectivity index (χ1n) is 23.2. The monoisotopic (exact) mass is 994 g/mol. The Kier molecular flexibility index (Phi) is 20.6. The van der Waals surface area contributed by atoms with Crippen molar-refractivity contribution >= 4 is 58.7 Å². The molecule has 0 spiro atoms. The number of phenolic OH excluding ortho intramolecular Hbond substituents is 1.